The number of benzene rings is 2. The summed E-state index contributed by atoms with van der Waals surface area (Å²) in [6.45, 7) is 3.49. The molecule has 2 N–H and O–H groups in total. The van der Waals surface area contributed by atoms with Crippen molar-refractivity contribution in [3.8, 4) is 11.5 Å². The molecule has 0 fully saturated rings. The molecule has 0 radical (unpaired) electrons. The number of fused-ring (bicyclic) bond motifs is 1. The lowest BCUT2D eigenvalue weighted by molar-refractivity contribution is -0.116. The second kappa shape index (κ2) is 9.13. The third-order valence-corrected chi connectivity index (χ3v) is 5.47. The Labute approximate surface area is 178 Å². The Hall–Kier alpha value is -3.13. The third-order valence-electron chi connectivity index (χ3n) is 4.69. The van der Waals surface area contributed by atoms with Gasteiger partial charge in [0, 0.05) is 22.4 Å². The van der Waals surface area contributed by atoms with E-state index >= 15 is 0 Å². The molecule has 1 unspecified atom stereocenters. The van der Waals surface area contributed by atoms with E-state index in [1.807, 2.05) is 25.1 Å². The van der Waals surface area contributed by atoms with Crippen molar-refractivity contribution in [2.75, 3.05) is 30.9 Å². The first-order valence-electron chi connectivity index (χ1n) is 9.66. The van der Waals surface area contributed by atoms with Gasteiger partial charge in [0.1, 0.15) is 13.2 Å². The predicted molar refractivity (Wildman–Crippen MR) is 115 cm³/mol. The van der Waals surface area contributed by atoms with Crippen LogP contribution in [0, 0.1) is 0 Å². The zero-order valence-electron chi connectivity index (χ0n) is 16.5. The highest BCUT2D eigenvalue weighted by Crippen LogP contribution is 2.32. The van der Waals surface area contributed by atoms with Crippen molar-refractivity contribution in [3.63, 3.8) is 0 Å². The summed E-state index contributed by atoms with van der Waals surface area (Å²) in [6, 6.07) is 12.2. The average molecular weight is 426 g/mol. The maximum absolute atomic E-state index is 12.6. The molecule has 0 saturated heterocycles. The van der Waals surface area contributed by atoms with Crippen LogP contribution in [0.5, 0.6) is 11.5 Å². The van der Waals surface area contributed by atoms with Gasteiger partial charge in [-0.05, 0) is 48.9 Å². The summed E-state index contributed by atoms with van der Waals surface area (Å²) in [7, 11) is 0. The standard InChI is InChI=1S/C22H22N2O5S/c1-14(16-4-7-18-19(12-16)28-9-8-27-18)23-21(25)15-2-5-17(6-3-15)24-22(26)20-13-30-11-10-29-20/h2-7,12-14H,8-11H2,1H3,(H,23,25)(H,24,26). The number of amides is 2. The topological polar surface area (TPSA) is 85.9 Å². The van der Waals surface area contributed by atoms with Crippen molar-refractivity contribution in [2.45, 2.75) is 13.0 Å². The van der Waals surface area contributed by atoms with Crippen molar-refractivity contribution in [1.29, 1.82) is 0 Å². The Bertz CT molecular complexity index is 974. The van der Waals surface area contributed by atoms with Crippen LogP contribution in [0.3, 0.4) is 0 Å². The Morgan fingerprint density at radius 1 is 0.933 bits per heavy atom. The summed E-state index contributed by atoms with van der Waals surface area (Å²) in [4.78, 5) is 24.8. The molecule has 30 heavy (non-hydrogen) atoms. The van der Waals surface area contributed by atoms with Gasteiger partial charge in [0.2, 0.25) is 0 Å². The normalized spacial score (nSPS) is 16.0. The number of thioether (sulfide) groups is 1. The quantitative estimate of drug-likeness (QED) is 0.761. The number of hydrogen-bond acceptors (Lipinski definition) is 6. The van der Waals surface area contributed by atoms with Crippen LogP contribution in [-0.4, -0.2) is 37.4 Å². The van der Waals surface area contributed by atoms with Crippen LogP contribution < -0.4 is 20.1 Å². The SMILES string of the molecule is CC(NC(=O)c1ccc(NC(=O)C2=CSCCO2)cc1)c1ccc2c(c1)OCCO2. The molecule has 4 rings (SSSR count). The molecule has 8 heteroatoms. The zero-order chi connectivity index (χ0) is 20.9. The average Bonchev–Trinajstić information content (AvgIpc) is 2.79. The molecule has 0 aromatic heterocycles. The van der Waals surface area contributed by atoms with E-state index in [1.165, 1.54) is 0 Å². The monoisotopic (exact) mass is 426 g/mol. The Morgan fingerprint density at radius 3 is 2.43 bits per heavy atom. The summed E-state index contributed by atoms with van der Waals surface area (Å²) < 4.78 is 16.5. The molecule has 156 valence electrons. The third kappa shape index (κ3) is 4.71. The molecule has 2 aromatic rings. The summed E-state index contributed by atoms with van der Waals surface area (Å²) >= 11 is 1.54. The molecule has 2 aromatic carbocycles. The van der Waals surface area contributed by atoms with Gasteiger partial charge < -0.3 is 24.8 Å². The number of carbonyl (C=O) groups excluding carboxylic acids is 2. The van der Waals surface area contributed by atoms with Gasteiger partial charge in [-0.3, -0.25) is 9.59 Å². The van der Waals surface area contributed by atoms with Gasteiger partial charge in [0.25, 0.3) is 11.8 Å². The van der Waals surface area contributed by atoms with E-state index in [1.54, 1.807) is 41.4 Å². The highest BCUT2D eigenvalue weighted by atomic mass is 32.2. The van der Waals surface area contributed by atoms with Gasteiger partial charge in [-0.15, -0.1) is 11.8 Å². The second-order valence-corrected chi connectivity index (χ2v) is 7.81. The number of anilines is 1. The Balaban J connectivity index is 1.36. The zero-order valence-corrected chi connectivity index (χ0v) is 17.3. The van der Waals surface area contributed by atoms with E-state index in [0.717, 1.165) is 11.3 Å². The molecule has 1 atom stereocenters. The van der Waals surface area contributed by atoms with Gasteiger partial charge in [-0.25, -0.2) is 0 Å². The number of carbonyl (C=O) groups is 2. The van der Waals surface area contributed by atoms with Gasteiger partial charge in [-0.2, -0.15) is 0 Å². The highest BCUT2D eigenvalue weighted by Gasteiger charge is 2.17. The maximum Gasteiger partial charge on any atom is 0.291 e. The van der Waals surface area contributed by atoms with Crippen molar-refractivity contribution in [3.05, 3.63) is 64.8 Å². The van der Waals surface area contributed by atoms with Crippen LogP contribution in [0.15, 0.2) is 53.6 Å². The van der Waals surface area contributed by atoms with Crippen molar-refractivity contribution < 1.29 is 23.8 Å². The lowest BCUT2D eigenvalue weighted by Gasteiger charge is -2.21. The largest absolute Gasteiger partial charge is 0.487 e. The van der Waals surface area contributed by atoms with Crippen molar-refractivity contribution in [2.24, 2.45) is 0 Å². The minimum absolute atomic E-state index is 0.204. The molecule has 2 heterocycles. The van der Waals surface area contributed by atoms with Crippen LogP contribution >= 0.6 is 11.8 Å². The molecule has 0 saturated carbocycles. The number of ether oxygens (including phenoxy) is 3. The van der Waals surface area contributed by atoms with Crippen LogP contribution in [0.4, 0.5) is 5.69 Å². The van der Waals surface area contributed by atoms with Crippen LogP contribution in [-0.2, 0) is 9.53 Å². The van der Waals surface area contributed by atoms with E-state index in [4.69, 9.17) is 14.2 Å². The second-order valence-electron chi connectivity index (χ2n) is 6.83. The van der Waals surface area contributed by atoms with Crippen molar-refractivity contribution >= 4 is 29.3 Å². The Kier molecular flexibility index (Phi) is 6.13. The first-order valence-corrected chi connectivity index (χ1v) is 10.7. The van der Waals surface area contributed by atoms with Gasteiger partial charge in [-0.1, -0.05) is 6.07 Å². The molecule has 2 aliphatic heterocycles. The molecule has 2 amide bonds. The fourth-order valence-electron chi connectivity index (χ4n) is 3.08. The predicted octanol–water partition coefficient (Wildman–Crippen LogP) is 3.49. The molecule has 0 aliphatic carbocycles. The summed E-state index contributed by atoms with van der Waals surface area (Å²) in [5.41, 5.74) is 2.02. The van der Waals surface area contributed by atoms with E-state index in [9.17, 15) is 9.59 Å². The van der Waals surface area contributed by atoms with Crippen LogP contribution in [0.2, 0.25) is 0 Å². The smallest absolute Gasteiger partial charge is 0.291 e. The van der Waals surface area contributed by atoms with E-state index in [0.29, 0.717) is 48.3 Å². The van der Waals surface area contributed by atoms with Crippen molar-refractivity contribution in [1.82, 2.24) is 5.32 Å². The fourth-order valence-corrected chi connectivity index (χ4v) is 3.70. The van der Waals surface area contributed by atoms with Gasteiger partial charge in [0.15, 0.2) is 17.3 Å². The summed E-state index contributed by atoms with van der Waals surface area (Å²) in [5.74, 6) is 2.05. The summed E-state index contributed by atoms with van der Waals surface area (Å²) in [5, 5.41) is 7.46. The minimum Gasteiger partial charge on any atom is -0.487 e. The lowest BCUT2D eigenvalue weighted by atomic mass is 10.1. The molecular formula is C22H22N2O5S. The number of hydrogen-bond donors (Lipinski definition) is 2. The lowest BCUT2D eigenvalue weighted by Crippen LogP contribution is -2.27. The summed E-state index contributed by atoms with van der Waals surface area (Å²) in [6.07, 6.45) is 0. The fraction of sp³-hybridized carbons (Fsp3) is 0.273. The molecular weight excluding hydrogens is 404 g/mol. The molecule has 7 nitrogen and oxygen atoms in total. The van der Waals surface area contributed by atoms with Crippen LogP contribution in [0.25, 0.3) is 0 Å². The van der Waals surface area contributed by atoms with Gasteiger partial charge in [0.05, 0.1) is 12.6 Å². The highest BCUT2D eigenvalue weighted by molar-refractivity contribution is 8.02. The van der Waals surface area contributed by atoms with Gasteiger partial charge >= 0.3 is 0 Å². The number of rotatable bonds is 5. The maximum atomic E-state index is 12.6. The number of nitrogens with one attached hydrogen (secondary N) is 2. The van der Waals surface area contributed by atoms with E-state index < -0.39 is 0 Å². The first-order chi connectivity index (χ1) is 14.6. The molecule has 0 bridgehead atoms. The molecule has 0 spiro atoms. The molecule has 2 aliphatic rings. The Morgan fingerprint density at radius 2 is 1.70 bits per heavy atom. The van der Waals surface area contributed by atoms with E-state index in [-0.39, 0.29) is 17.9 Å². The van der Waals surface area contributed by atoms with Crippen LogP contribution in [0.1, 0.15) is 28.9 Å². The van der Waals surface area contributed by atoms with E-state index in [2.05, 4.69) is 10.6 Å². The first kappa shape index (κ1) is 20.2. The minimum atomic E-state index is -0.299.